The van der Waals surface area contributed by atoms with E-state index in [-0.39, 0.29) is 18.4 Å². The number of piperazine rings is 1. The predicted octanol–water partition coefficient (Wildman–Crippen LogP) is 4.34. The van der Waals surface area contributed by atoms with Crippen LogP contribution in [0, 0.1) is 0 Å². The molecule has 0 spiro atoms. The van der Waals surface area contributed by atoms with E-state index in [9.17, 15) is 9.59 Å². The van der Waals surface area contributed by atoms with Gasteiger partial charge in [-0.1, -0.05) is 68.3 Å². The first-order valence-electron chi connectivity index (χ1n) is 13.4. The molecule has 1 saturated heterocycles. The summed E-state index contributed by atoms with van der Waals surface area (Å²) >= 11 is 0. The van der Waals surface area contributed by atoms with Crippen molar-refractivity contribution < 1.29 is 19.1 Å². The van der Waals surface area contributed by atoms with Gasteiger partial charge in [0.1, 0.15) is 11.5 Å². The quantitative estimate of drug-likeness (QED) is 0.356. The minimum absolute atomic E-state index is 0.0118. The number of hydrogen-bond donors (Lipinski definition) is 0. The van der Waals surface area contributed by atoms with Crippen LogP contribution in [-0.2, 0) is 9.59 Å². The third-order valence-electron chi connectivity index (χ3n) is 6.63. The number of carbonyl (C=O) groups excluding carboxylic acids is 2. The largest absolute Gasteiger partial charge is 0.496 e. The van der Waals surface area contributed by atoms with Crippen LogP contribution < -0.4 is 9.47 Å². The Labute approximate surface area is 221 Å². The van der Waals surface area contributed by atoms with Crippen molar-refractivity contribution in [1.82, 2.24) is 14.7 Å². The molecule has 1 fully saturated rings. The lowest BCUT2D eigenvalue weighted by Crippen LogP contribution is -2.51. The molecule has 7 heteroatoms. The second kappa shape index (κ2) is 15.7. The van der Waals surface area contributed by atoms with E-state index in [0.29, 0.717) is 38.3 Å². The Balaban J connectivity index is 1.47. The molecule has 0 radical (unpaired) electrons. The van der Waals surface area contributed by atoms with Gasteiger partial charge in [-0.15, -0.1) is 0 Å². The summed E-state index contributed by atoms with van der Waals surface area (Å²) < 4.78 is 11.0. The van der Waals surface area contributed by atoms with E-state index in [1.54, 1.807) is 7.11 Å². The van der Waals surface area contributed by atoms with E-state index in [2.05, 4.69) is 11.8 Å². The van der Waals surface area contributed by atoms with E-state index in [0.717, 1.165) is 50.2 Å². The molecule has 0 saturated carbocycles. The van der Waals surface area contributed by atoms with E-state index < -0.39 is 0 Å². The highest BCUT2D eigenvalue weighted by molar-refractivity contribution is 5.78. The van der Waals surface area contributed by atoms with Gasteiger partial charge in [0.25, 0.3) is 5.91 Å². The highest BCUT2D eigenvalue weighted by Crippen LogP contribution is 2.18. The highest BCUT2D eigenvalue weighted by atomic mass is 16.5. The minimum atomic E-state index is 0.0118. The first kappa shape index (κ1) is 28.3. The van der Waals surface area contributed by atoms with Crippen LogP contribution in [-0.4, -0.2) is 86.0 Å². The molecule has 2 amide bonds. The number of ether oxygens (including phenoxy) is 2. The second-order valence-corrected chi connectivity index (χ2v) is 9.27. The van der Waals surface area contributed by atoms with E-state index in [1.165, 1.54) is 0 Å². The Hall–Kier alpha value is -3.32. The molecule has 0 aromatic heterocycles. The average molecular weight is 508 g/mol. The molecular formula is C30H41N3O4. The summed E-state index contributed by atoms with van der Waals surface area (Å²) in [6.07, 6.45) is 7.74. The Kier molecular flexibility index (Phi) is 12.0. The van der Waals surface area contributed by atoms with Crippen LogP contribution >= 0.6 is 0 Å². The number of unbranched alkanes of at least 4 members (excludes halogenated alkanes) is 2. The maximum atomic E-state index is 13.0. The number of benzene rings is 2. The fraction of sp³-hybridized carbons (Fsp3) is 0.467. The van der Waals surface area contributed by atoms with Crippen LogP contribution in [0.2, 0.25) is 0 Å². The van der Waals surface area contributed by atoms with E-state index >= 15 is 0 Å². The van der Waals surface area contributed by atoms with Gasteiger partial charge in [0, 0.05) is 57.8 Å². The number of carbonyl (C=O) groups is 2. The van der Waals surface area contributed by atoms with Crippen molar-refractivity contribution in [3.63, 3.8) is 0 Å². The summed E-state index contributed by atoms with van der Waals surface area (Å²) in [6, 6.07) is 17.3. The van der Waals surface area contributed by atoms with Gasteiger partial charge in [0.15, 0.2) is 6.61 Å². The van der Waals surface area contributed by atoms with Gasteiger partial charge in [-0.05, 0) is 24.6 Å². The first-order chi connectivity index (χ1) is 18.1. The third kappa shape index (κ3) is 9.57. The standard InChI is InChI=1S/C30H41N3O4/c1-3-4-6-17-29(34)32(18-11-13-26-12-9-10-16-28(26)36-2)22-19-31-20-23-33(24-21-31)30(35)25-37-27-14-7-5-8-15-27/h5,7-16H,3-4,6,17-25H2,1-2H3/b13-11+. The first-order valence-corrected chi connectivity index (χ1v) is 13.4. The van der Waals surface area contributed by atoms with Crippen molar-refractivity contribution >= 4 is 17.9 Å². The van der Waals surface area contributed by atoms with Crippen LogP contribution in [0.15, 0.2) is 60.7 Å². The topological polar surface area (TPSA) is 62.3 Å². The highest BCUT2D eigenvalue weighted by Gasteiger charge is 2.22. The number of para-hydroxylation sites is 2. The minimum Gasteiger partial charge on any atom is -0.496 e. The van der Waals surface area contributed by atoms with Crippen molar-refractivity contribution in [2.45, 2.75) is 32.6 Å². The number of methoxy groups -OCH3 is 1. The molecule has 0 unspecified atom stereocenters. The van der Waals surface area contributed by atoms with Gasteiger partial charge < -0.3 is 19.3 Å². The van der Waals surface area contributed by atoms with Crippen molar-refractivity contribution in [2.75, 3.05) is 59.5 Å². The van der Waals surface area contributed by atoms with Crippen LogP contribution in [0.25, 0.3) is 6.08 Å². The van der Waals surface area contributed by atoms with Crippen molar-refractivity contribution in [2.24, 2.45) is 0 Å². The lowest BCUT2D eigenvalue weighted by Gasteiger charge is -2.35. The molecule has 3 rings (SSSR count). The SMILES string of the molecule is CCCCCC(=O)N(C/C=C/c1ccccc1OC)CCN1CCN(C(=O)COc2ccccc2)CC1. The molecule has 0 bridgehead atoms. The smallest absolute Gasteiger partial charge is 0.260 e. The zero-order chi connectivity index (χ0) is 26.3. The van der Waals surface area contributed by atoms with Gasteiger partial charge >= 0.3 is 0 Å². The summed E-state index contributed by atoms with van der Waals surface area (Å²) in [4.78, 5) is 31.7. The maximum absolute atomic E-state index is 13.0. The number of nitrogens with zero attached hydrogens (tertiary/aromatic N) is 3. The Morgan fingerprint density at radius 3 is 2.43 bits per heavy atom. The molecule has 7 nitrogen and oxygen atoms in total. The zero-order valence-corrected chi connectivity index (χ0v) is 22.3. The summed E-state index contributed by atoms with van der Waals surface area (Å²) in [5.74, 6) is 1.74. The second-order valence-electron chi connectivity index (χ2n) is 9.27. The normalized spacial score (nSPS) is 14.1. The van der Waals surface area contributed by atoms with Gasteiger partial charge in [0.2, 0.25) is 5.91 Å². The lowest BCUT2D eigenvalue weighted by molar-refractivity contribution is -0.135. The third-order valence-corrected chi connectivity index (χ3v) is 6.63. The average Bonchev–Trinajstić information content (AvgIpc) is 2.94. The monoisotopic (exact) mass is 507 g/mol. The number of rotatable bonds is 14. The van der Waals surface area contributed by atoms with Crippen LogP contribution in [0.4, 0.5) is 0 Å². The molecule has 0 N–H and O–H groups in total. The molecule has 1 aliphatic heterocycles. The van der Waals surface area contributed by atoms with Gasteiger partial charge in [-0.3, -0.25) is 14.5 Å². The molecule has 37 heavy (non-hydrogen) atoms. The summed E-state index contributed by atoms with van der Waals surface area (Å²) in [5.41, 5.74) is 1.00. The Morgan fingerprint density at radius 2 is 1.70 bits per heavy atom. The van der Waals surface area contributed by atoms with Gasteiger partial charge in [0.05, 0.1) is 7.11 Å². The lowest BCUT2D eigenvalue weighted by atomic mass is 10.1. The molecule has 1 aliphatic rings. The van der Waals surface area contributed by atoms with Crippen LogP contribution in [0.5, 0.6) is 11.5 Å². The van der Waals surface area contributed by atoms with E-state index in [4.69, 9.17) is 9.47 Å². The number of hydrogen-bond acceptors (Lipinski definition) is 5. The molecular weight excluding hydrogens is 466 g/mol. The summed E-state index contributed by atoms with van der Waals surface area (Å²) in [5, 5.41) is 0. The molecule has 1 heterocycles. The summed E-state index contributed by atoms with van der Waals surface area (Å²) in [6.45, 7) is 7.19. The summed E-state index contributed by atoms with van der Waals surface area (Å²) in [7, 11) is 1.67. The van der Waals surface area contributed by atoms with Crippen LogP contribution in [0.3, 0.4) is 0 Å². The molecule has 2 aromatic carbocycles. The van der Waals surface area contributed by atoms with Crippen LogP contribution in [0.1, 0.15) is 38.2 Å². The molecule has 200 valence electrons. The predicted molar refractivity (Wildman–Crippen MR) is 148 cm³/mol. The zero-order valence-electron chi connectivity index (χ0n) is 22.3. The van der Waals surface area contributed by atoms with E-state index in [1.807, 2.05) is 76.5 Å². The Bertz CT molecular complexity index is 987. The fourth-order valence-corrected chi connectivity index (χ4v) is 4.35. The molecule has 2 aromatic rings. The van der Waals surface area contributed by atoms with Crippen molar-refractivity contribution in [3.05, 3.63) is 66.2 Å². The van der Waals surface area contributed by atoms with Gasteiger partial charge in [-0.2, -0.15) is 0 Å². The maximum Gasteiger partial charge on any atom is 0.260 e. The van der Waals surface area contributed by atoms with Gasteiger partial charge in [-0.25, -0.2) is 0 Å². The van der Waals surface area contributed by atoms with Crippen molar-refractivity contribution in [3.8, 4) is 11.5 Å². The number of amides is 2. The molecule has 0 atom stereocenters. The Morgan fingerprint density at radius 1 is 0.973 bits per heavy atom. The fourth-order valence-electron chi connectivity index (χ4n) is 4.35. The van der Waals surface area contributed by atoms with Crippen molar-refractivity contribution in [1.29, 1.82) is 0 Å². The molecule has 0 aliphatic carbocycles.